The lowest BCUT2D eigenvalue weighted by Gasteiger charge is -2.21. The van der Waals surface area contributed by atoms with Crippen molar-refractivity contribution in [3.63, 3.8) is 0 Å². The van der Waals surface area contributed by atoms with E-state index >= 15 is 0 Å². The number of amides is 2. The summed E-state index contributed by atoms with van der Waals surface area (Å²) in [6.45, 7) is 12.8. The molecule has 0 unspecified atom stereocenters. The second kappa shape index (κ2) is 10.5. The molecule has 7 nitrogen and oxygen atoms in total. The second-order valence-corrected chi connectivity index (χ2v) is 7.69. The van der Waals surface area contributed by atoms with Gasteiger partial charge in [-0.15, -0.1) is 0 Å². The molecule has 0 bridgehead atoms. The first-order chi connectivity index (χ1) is 12.6. The number of anilines is 1. The summed E-state index contributed by atoms with van der Waals surface area (Å²) in [6.07, 6.45) is 0. The van der Waals surface area contributed by atoms with E-state index in [0.29, 0.717) is 19.0 Å². The largest absolute Gasteiger partial charge is 0.357 e. The summed E-state index contributed by atoms with van der Waals surface area (Å²) in [5, 5.41) is 11.9. The van der Waals surface area contributed by atoms with Gasteiger partial charge in [0.15, 0.2) is 5.96 Å². The minimum absolute atomic E-state index is 0.00654. The lowest BCUT2D eigenvalue weighted by molar-refractivity contribution is -0.121. The van der Waals surface area contributed by atoms with Crippen LogP contribution in [-0.2, 0) is 16.1 Å². The third-order valence-corrected chi connectivity index (χ3v) is 3.44. The summed E-state index contributed by atoms with van der Waals surface area (Å²) in [5.74, 6) is 0.434. The van der Waals surface area contributed by atoms with Crippen molar-refractivity contribution in [3.8, 4) is 0 Å². The van der Waals surface area contributed by atoms with E-state index in [9.17, 15) is 9.59 Å². The zero-order chi connectivity index (χ0) is 20.4. The van der Waals surface area contributed by atoms with Crippen molar-refractivity contribution in [3.05, 3.63) is 29.8 Å². The van der Waals surface area contributed by atoms with Crippen molar-refractivity contribution in [1.82, 2.24) is 16.0 Å². The van der Waals surface area contributed by atoms with Crippen LogP contribution in [0.5, 0.6) is 0 Å². The first-order valence-corrected chi connectivity index (χ1v) is 9.33. The van der Waals surface area contributed by atoms with Gasteiger partial charge in [-0.25, -0.2) is 4.99 Å². The molecule has 0 saturated heterocycles. The van der Waals surface area contributed by atoms with Crippen LogP contribution >= 0.6 is 0 Å². The molecule has 0 aromatic heterocycles. The number of nitrogens with one attached hydrogen (secondary N) is 4. The van der Waals surface area contributed by atoms with Crippen LogP contribution in [0.4, 0.5) is 5.69 Å². The van der Waals surface area contributed by atoms with Gasteiger partial charge in [0, 0.05) is 23.7 Å². The van der Waals surface area contributed by atoms with Crippen molar-refractivity contribution in [2.24, 2.45) is 10.9 Å². The molecule has 150 valence electrons. The number of carbonyl (C=O) groups excluding carboxylic acids is 2. The minimum Gasteiger partial charge on any atom is -0.357 e. The third kappa shape index (κ3) is 9.63. The van der Waals surface area contributed by atoms with Gasteiger partial charge < -0.3 is 21.3 Å². The number of nitrogens with zero attached hydrogens (tertiary/aromatic N) is 1. The van der Waals surface area contributed by atoms with E-state index < -0.39 is 0 Å². The van der Waals surface area contributed by atoms with Gasteiger partial charge in [-0.2, -0.15) is 0 Å². The lowest BCUT2D eigenvalue weighted by atomic mass is 10.1. The van der Waals surface area contributed by atoms with Crippen LogP contribution in [0.25, 0.3) is 0 Å². The van der Waals surface area contributed by atoms with E-state index in [-0.39, 0.29) is 29.8 Å². The van der Waals surface area contributed by atoms with E-state index in [1.165, 1.54) is 0 Å². The fraction of sp³-hybridized carbons (Fsp3) is 0.550. The van der Waals surface area contributed by atoms with Gasteiger partial charge in [-0.05, 0) is 45.4 Å². The monoisotopic (exact) mass is 375 g/mol. The number of hydrogen-bond donors (Lipinski definition) is 4. The molecule has 0 saturated carbocycles. The summed E-state index contributed by atoms with van der Waals surface area (Å²) < 4.78 is 0. The highest BCUT2D eigenvalue weighted by Gasteiger charge is 2.13. The maximum Gasteiger partial charge on any atom is 0.239 e. The maximum atomic E-state index is 11.9. The van der Waals surface area contributed by atoms with E-state index in [1.54, 1.807) is 0 Å². The van der Waals surface area contributed by atoms with E-state index in [1.807, 2.05) is 65.8 Å². The highest BCUT2D eigenvalue weighted by molar-refractivity contribution is 5.92. The molecule has 7 heteroatoms. The smallest absolute Gasteiger partial charge is 0.239 e. The molecule has 0 aliphatic heterocycles. The summed E-state index contributed by atoms with van der Waals surface area (Å²) in [6, 6.07) is 7.58. The average molecular weight is 376 g/mol. The molecule has 0 aliphatic carbocycles. The van der Waals surface area contributed by atoms with Crippen LogP contribution in [0.1, 0.15) is 47.1 Å². The number of carbonyl (C=O) groups is 2. The van der Waals surface area contributed by atoms with Crippen molar-refractivity contribution in [2.45, 2.75) is 53.6 Å². The van der Waals surface area contributed by atoms with E-state index in [0.717, 1.165) is 11.3 Å². The van der Waals surface area contributed by atoms with Crippen molar-refractivity contribution < 1.29 is 9.59 Å². The Balaban J connectivity index is 2.61. The first-order valence-electron chi connectivity index (χ1n) is 9.33. The van der Waals surface area contributed by atoms with E-state index in [4.69, 9.17) is 0 Å². The van der Waals surface area contributed by atoms with Gasteiger partial charge in [-0.1, -0.05) is 26.0 Å². The average Bonchev–Trinajstić information content (AvgIpc) is 2.57. The number of benzene rings is 1. The molecule has 2 amide bonds. The van der Waals surface area contributed by atoms with Crippen LogP contribution in [0.3, 0.4) is 0 Å². The number of aliphatic imine (C=N–C) groups is 1. The summed E-state index contributed by atoms with van der Waals surface area (Å²) in [7, 11) is 0. The van der Waals surface area contributed by atoms with Crippen LogP contribution in [0.2, 0.25) is 0 Å². The Labute approximate surface area is 162 Å². The van der Waals surface area contributed by atoms with Gasteiger partial charge >= 0.3 is 0 Å². The van der Waals surface area contributed by atoms with Gasteiger partial charge in [0.05, 0.1) is 13.1 Å². The SMILES string of the molecule is CCNC(=NCc1ccc(NC(=O)C(C)C)cc1)NCC(=O)NC(C)(C)C. The number of hydrogen-bond acceptors (Lipinski definition) is 3. The second-order valence-electron chi connectivity index (χ2n) is 7.69. The minimum atomic E-state index is -0.263. The Kier molecular flexibility index (Phi) is 8.78. The summed E-state index contributed by atoms with van der Waals surface area (Å²) in [4.78, 5) is 28.1. The molecular formula is C20H33N5O2. The Morgan fingerprint density at radius 2 is 1.70 bits per heavy atom. The number of guanidine groups is 1. The standard InChI is InChI=1S/C20H33N5O2/c1-7-21-19(23-13-17(26)25-20(4,5)6)22-12-15-8-10-16(11-9-15)24-18(27)14(2)3/h8-11,14H,7,12-13H2,1-6H3,(H,24,27)(H,25,26)(H2,21,22,23). The van der Waals surface area contributed by atoms with Crippen LogP contribution in [0, 0.1) is 5.92 Å². The topological polar surface area (TPSA) is 94.6 Å². The summed E-state index contributed by atoms with van der Waals surface area (Å²) in [5.41, 5.74) is 1.51. The van der Waals surface area contributed by atoms with Gasteiger partial charge in [0.2, 0.25) is 11.8 Å². The molecule has 0 spiro atoms. The molecule has 0 heterocycles. The Hall–Kier alpha value is -2.57. The highest BCUT2D eigenvalue weighted by atomic mass is 16.2. The van der Waals surface area contributed by atoms with Crippen LogP contribution in [-0.4, -0.2) is 36.4 Å². The van der Waals surface area contributed by atoms with Crippen molar-refractivity contribution in [1.29, 1.82) is 0 Å². The zero-order valence-corrected chi connectivity index (χ0v) is 17.3. The molecule has 0 aliphatic rings. The summed E-state index contributed by atoms with van der Waals surface area (Å²) >= 11 is 0. The molecule has 0 radical (unpaired) electrons. The normalized spacial score (nSPS) is 11.9. The molecular weight excluding hydrogens is 342 g/mol. The maximum absolute atomic E-state index is 11.9. The Morgan fingerprint density at radius 1 is 1.07 bits per heavy atom. The molecule has 1 rings (SSSR count). The molecule has 0 fully saturated rings. The molecule has 1 aromatic carbocycles. The van der Waals surface area contributed by atoms with Gasteiger partial charge in [-0.3, -0.25) is 9.59 Å². The van der Waals surface area contributed by atoms with Crippen LogP contribution in [0.15, 0.2) is 29.3 Å². The fourth-order valence-corrected chi connectivity index (χ4v) is 2.12. The van der Waals surface area contributed by atoms with E-state index in [2.05, 4.69) is 26.3 Å². The fourth-order valence-electron chi connectivity index (χ4n) is 2.12. The lowest BCUT2D eigenvalue weighted by Crippen LogP contribution is -2.48. The van der Waals surface area contributed by atoms with Crippen molar-refractivity contribution in [2.75, 3.05) is 18.4 Å². The van der Waals surface area contributed by atoms with Crippen LogP contribution < -0.4 is 21.3 Å². The van der Waals surface area contributed by atoms with Crippen molar-refractivity contribution >= 4 is 23.5 Å². The molecule has 1 aromatic rings. The van der Waals surface area contributed by atoms with Gasteiger partial charge in [0.1, 0.15) is 0 Å². The predicted octanol–water partition coefficient (Wildman–Crippen LogP) is 2.25. The predicted molar refractivity (Wildman–Crippen MR) is 111 cm³/mol. The zero-order valence-electron chi connectivity index (χ0n) is 17.3. The highest BCUT2D eigenvalue weighted by Crippen LogP contribution is 2.11. The Bertz CT molecular complexity index is 645. The molecule has 27 heavy (non-hydrogen) atoms. The quantitative estimate of drug-likeness (QED) is 0.434. The molecule has 4 N–H and O–H groups in total. The third-order valence-electron chi connectivity index (χ3n) is 3.44. The molecule has 0 atom stereocenters. The number of rotatable bonds is 7. The van der Waals surface area contributed by atoms with Gasteiger partial charge in [0.25, 0.3) is 0 Å². The Morgan fingerprint density at radius 3 is 2.22 bits per heavy atom. The first kappa shape index (κ1) is 22.5.